The molecule has 0 saturated carbocycles. The van der Waals surface area contributed by atoms with Crippen molar-refractivity contribution in [2.45, 2.75) is 45.6 Å². The molecule has 2 heteroatoms. The Balaban J connectivity index is 2.76. The molecular formula is C14H22O2. The number of hydrogen-bond donors (Lipinski definition) is 1. The third-order valence-corrected chi connectivity index (χ3v) is 2.29. The summed E-state index contributed by atoms with van der Waals surface area (Å²) in [6.07, 6.45) is 0. The predicted octanol–water partition coefficient (Wildman–Crippen LogP) is 3.13. The molecule has 0 aliphatic heterocycles. The van der Waals surface area contributed by atoms with Crippen molar-refractivity contribution in [2.24, 2.45) is 0 Å². The van der Waals surface area contributed by atoms with Crippen molar-refractivity contribution in [3.63, 3.8) is 0 Å². The number of hydrogen-bond acceptors (Lipinski definition) is 2. The highest BCUT2D eigenvalue weighted by atomic mass is 16.5. The fraction of sp³-hybridized carbons (Fsp3) is 0.571. The number of benzene rings is 1. The third kappa shape index (κ3) is 4.23. The molecule has 0 unspecified atom stereocenters. The zero-order valence-electron chi connectivity index (χ0n) is 10.9. The lowest BCUT2D eigenvalue weighted by atomic mass is 9.87. The molecule has 1 rings (SSSR count). The van der Waals surface area contributed by atoms with Crippen LogP contribution in [0.5, 0.6) is 5.75 Å². The van der Waals surface area contributed by atoms with Crippen LogP contribution in [-0.4, -0.2) is 17.3 Å². The van der Waals surface area contributed by atoms with Crippen LogP contribution in [0.4, 0.5) is 0 Å². The van der Waals surface area contributed by atoms with E-state index in [9.17, 15) is 5.11 Å². The van der Waals surface area contributed by atoms with Crippen molar-refractivity contribution in [3.8, 4) is 5.75 Å². The Kier molecular flexibility index (Phi) is 3.64. The number of ether oxygens (including phenoxy) is 1. The molecule has 2 nitrogen and oxygen atoms in total. The van der Waals surface area contributed by atoms with Crippen molar-refractivity contribution < 1.29 is 9.84 Å². The summed E-state index contributed by atoms with van der Waals surface area (Å²) in [6.45, 7) is 10.3. The Labute approximate surface area is 98.3 Å². The average molecular weight is 222 g/mol. The van der Waals surface area contributed by atoms with E-state index in [0.717, 1.165) is 5.75 Å². The van der Waals surface area contributed by atoms with Gasteiger partial charge in [0, 0.05) is 0 Å². The van der Waals surface area contributed by atoms with Gasteiger partial charge in [0.05, 0.1) is 5.60 Å². The zero-order valence-corrected chi connectivity index (χ0v) is 10.9. The van der Waals surface area contributed by atoms with Gasteiger partial charge in [-0.2, -0.15) is 0 Å². The summed E-state index contributed by atoms with van der Waals surface area (Å²) in [4.78, 5) is 0. The van der Waals surface area contributed by atoms with Crippen molar-refractivity contribution in [1.29, 1.82) is 0 Å². The lowest BCUT2D eigenvalue weighted by molar-refractivity contribution is 0.0284. The van der Waals surface area contributed by atoms with E-state index in [1.54, 1.807) is 13.8 Å². The lowest BCUT2D eigenvalue weighted by Gasteiger charge is -2.21. The van der Waals surface area contributed by atoms with Crippen LogP contribution >= 0.6 is 0 Å². The highest BCUT2D eigenvalue weighted by molar-refractivity contribution is 5.32. The zero-order chi connectivity index (χ0) is 12.4. The van der Waals surface area contributed by atoms with Gasteiger partial charge in [-0.3, -0.25) is 0 Å². The van der Waals surface area contributed by atoms with Gasteiger partial charge in [-0.25, -0.2) is 0 Å². The molecule has 0 saturated heterocycles. The van der Waals surface area contributed by atoms with E-state index in [4.69, 9.17) is 4.74 Å². The monoisotopic (exact) mass is 222 g/mol. The van der Waals surface area contributed by atoms with Crippen LogP contribution in [0.3, 0.4) is 0 Å². The van der Waals surface area contributed by atoms with E-state index in [1.807, 2.05) is 18.2 Å². The van der Waals surface area contributed by atoms with E-state index in [2.05, 4.69) is 26.8 Å². The molecular weight excluding hydrogens is 200 g/mol. The van der Waals surface area contributed by atoms with Crippen LogP contribution in [0.25, 0.3) is 0 Å². The second-order valence-electron chi connectivity index (χ2n) is 5.88. The summed E-state index contributed by atoms with van der Waals surface area (Å²) in [5.74, 6) is 0.814. The normalized spacial score (nSPS) is 12.6. The predicted molar refractivity (Wildman–Crippen MR) is 66.9 cm³/mol. The first kappa shape index (κ1) is 13.0. The first-order chi connectivity index (χ1) is 7.18. The molecule has 0 aliphatic rings. The van der Waals surface area contributed by atoms with E-state index >= 15 is 0 Å². The van der Waals surface area contributed by atoms with Gasteiger partial charge in [0.2, 0.25) is 0 Å². The largest absolute Gasteiger partial charge is 0.491 e. The molecule has 0 fully saturated rings. The Morgan fingerprint density at radius 1 is 1.12 bits per heavy atom. The van der Waals surface area contributed by atoms with E-state index in [1.165, 1.54) is 5.56 Å². The van der Waals surface area contributed by atoms with Gasteiger partial charge in [0.25, 0.3) is 0 Å². The quantitative estimate of drug-likeness (QED) is 0.851. The van der Waals surface area contributed by atoms with Gasteiger partial charge in [0.1, 0.15) is 12.4 Å². The van der Waals surface area contributed by atoms with E-state index in [0.29, 0.717) is 6.61 Å². The summed E-state index contributed by atoms with van der Waals surface area (Å²) in [7, 11) is 0. The maximum Gasteiger partial charge on any atom is 0.119 e. The van der Waals surface area contributed by atoms with Crippen LogP contribution in [0.1, 0.15) is 40.2 Å². The van der Waals surface area contributed by atoms with Gasteiger partial charge in [-0.05, 0) is 37.0 Å². The summed E-state index contributed by atoms with van der Waals surface area (Å²) >= 11 is 0. The van der Waals surface area contributed by atoms with Crippen LogP contribution in [0.15, 0.2) is 24.3 Å². The van der Waals surface area contributed by atoms with Gasteiger partial charge >= 0.3 is 0 Å². The minimum Gasteiger partial charge on any atom is -0.491 e. The van der Waals surface area contributed by atoms with Gasteiger partial charge in [-0.15, -0.1) is 0 Å². The average Bonchev–Trinajstić information content (AvgIpc) is 2.13. The van der Waals surface area contributed by atoms with Crippen LogP contribution in [0.2, 0.25) is 0 Å². The second-order valence-corrected chi connectivity index (χ2v) is 5.88. The van der Waals surface area contributed by atoms with Crippen LogP contribution in [0, 0.1) is 0 Å². The molecule has 0 aromatic heterocycles. The minimum absolute atomic E-state index is 0.119. The minimum atomic E-state index is -0.794. The molecule has 90 valence electrons. The van der Waals surface area contributed by atoms with Crippen molar-refractivity contribution in [3.05, 3.63) is 29.8 Å². The molecule has 0 spiro atoms. The van der Waals surface area contributed by atoms with Gasteiger partial charge in [-0.1, -0.05) is 32.9 Å². The summed E-state index contributed by atoms with van der Waals surface area (Å²) in [6, 6.07) is 8.03. The fourth-order valence-electron chi connectivity index (χ4n) is 1.31. The van der Waals surface area contributed by atoms with E-state index in [-0.39, 0.29) is 5.41 Å². The highest BCUT2D eigenvalue weighted by Crippen LogP contribution is 2.25. The van der Waals surface area contributed by atoms with E-state index < -0.39 is 5.60 Å². The first-order valence-electron chi connectivity index (χ1n) is 5.64. The SMILES string of the molecule is CC(C)(O)COc1cccc(C(C)(C)C)c1. The number of aliphatic hydroxyl groups is 1. The lowest BCUT2D eigenvalue weighted by Crippen LogP contribution is -2.27. The third-order valence-electron chi connectivity index (χ3n) is 2.29. The van der Waals surface area contributed by atoms with Gasteiger partial charge in [0.15, 0.2) is 0 Å². The maximum atomic E-state index is 9.58. The summed E-state index contributed by atoms with van der Waals surface area (Å²) < 4.78 is 5.56. The molecule has 0 atom stereocenters. The van der Waals surface area contributed by atoms with Crippen LogP contribution < -0.4 is 4.74 Å². The Bertz CT molecular complexity index is 342. The molecule has 16 heavy (non-hydrogen) atoms. The molecule has 1 N–H and O–H groups in total. The Hall–Kier alpha value is -1.02. The standard InChI is InChI=1S/C14H22O2/c1-13(2,3)11-7-6-8-12(9-11)16-10-14(4,5)15/h6-9,15H,10H2,1-5H3. The smallest absolute Gasteiger partial charge is 0.119 e. The van der Waals surface area contributed by atoms with Crippen molar-refractivity contribution >= 4 is 0 Å². The summed E-state index contributed by atoms with van der Waals surface area (Å²) in [5, 5.41) is 9.58. The number of rotatable bonds is 3. The maximum absolute atomic E-state index is 9.58. The molecule has 0 bridgehead atoms. The van der Waals surface area contributed by atoms with Crippen molar-refractivity contribution in [2.75, 3.05) is 6.61 Å². The molecule has 1 aromatic carbocycles. The molecule has 0 aliphatic carbocycles. The summed E-state index contributed by atoms with van der Waals surface area (Å²) in [5.41, 5.74) is 0.562. The Morgan fingerprint density at radius 2 is 1.75 bits per heavy atom. The van der Waals surface area contributed by atoms with Crippen molar-refractivity contribution in [1.82, 2.24) is 0 Å². The molecule has 0 radical (unpaired) electrons. The molecule has 0 amide bonds. The van der Waals surface area contributed by atoms with Gasteiger partial charge < -0.3 is 9.84 Å². The second kappa shape index (κ2) is 4.46. The molecule has 1 aromatic rings. The topological polar surface area (TPSA) is 29.5 Å². The molecule has 0 heterocycles. The Morgan fingerprint density at radius 3 is 2.25 bits per heavy atom. The first-order valence-corrected chi connectivity index (χ1v) is 5.64. The fourth-order valence-corrected chi connectivity index (χ4v) is 1.31. The highest BCUT2D eigenvalue weighted by Gasteiger charge is 2.16. The van der Waals surface area contributed by atoms with Crippen LogP contribution in [-0.2, 0) is 5.41 Å².